The highest BCUT2D eigenvalue weighted by atomic mass is 35.5. The predicted octanol–water partition coefficient (Wildman–Crippen LogP) is 2.76. The number of hydrogen-bond acceptors (Lipinski definition) is 4. The van der Waals surface area contributed by atoms with Gasteiger partial charge in [0.15, 0.2) is 0 Å². The van der Waals surface area contributed by atoms with Crippen molar-refractivity contribution in [3.63, 3.8) is 0 Å². The zero-order valence-electron chi connectivity index (χ0n) is 13.4. The van der Waals surface area contributed by atoms with Gasteiger partial charge in [-0.15, -0.1) is 0 Å². The van der Waals surface area contributed by atoms with Crippen LogP contribution in [-0.2, 0) is 16.0 Å². The number of carbonyl (C=O) groups excluding carboxylic acids is 2. The van der Waals surface area contributed by atoms with Crippen LogP contribution >= 0.6 is 22.9 Å². The van der Waals surface area contributed by atoms with E-state index in [1.54, 1.807) is 32.0 Å². The summed E-state index contributed by atoms with van der Waals surface area (Å²) in [6.07, 6.45) is 0.395. The Labute approximate surface area is 149 Å². The fourth-order valence-corrected chi connectivity index (χ4v) is 3.01. The number of benzene rings is 1. The van der Waals surface area contributed by atoms with E-state index < -0.39 is 17.4 Å². The first-order chi connectivity index (χ1) is 11.3. The SMILES string of the molecule is Cc1c(Cl)cccc1NC(=O)C(=O)NCC(C)(O)Cc1ccsc1. The number of halogens is 1. The number of amides is 2. The van der Waals surface area contributed by atoms with Gasteiger partial charge in [0.25, 0.3) is 0 Å². The number of carbonyl (C=O) groups is 2. The highest BCUT2D eigenvalue weighted by Gasteiger charge is 2.24. The third kappa shape index (κ3) is 5.06. The number of thiophene rings is 1. The number of aliphatic hydroxyl groups is 1. The van der Waals surface area contributed by atoms with Crippen LogP contribution in [0.2, 0.25) is 5.02 Å². The predicted molar refractivity (Wildman–Crippen MR) is 96.5 cm³/mol. The molecule has 1 unspecified atom stereocenters. The van der Waals surface area contributed by atoms with Crippen molar-refractivity contribution in [2.75, 3.05) is 11.9 Å². The Kier molecular flexibility index (Phi) is 5.99. The first kappa shape index (κ1) is 18.4. The number of nitrogens with one attached hydrogen (secondary N) is 2. The first-order valence-electron chi connectivity index (χ1n) is 7.36. The quantitative estimate of drug-likeness (QED) is 0.712. The fourth-order valence-electron chi connectivity index (χ4n) is 2.17. The second-order valence-electron chi connectivity index (χ2n) is 5.85. The molecule has 0 saturated carbocycles. The Morgan fingerprint density at radius 1 is 1.29 bits per heavy atom. The van der Waals surface area contributed by atoms with Gasteiger partial charge in [-0.25, -0.2) is 0 Å². The standard InChI is InChI=1S/C17H19ClN2O3S/c1-11-13(18)4-3-5-14(11)20-16(22)15(21)19-10-17(2,23)8-12-6-7-24-9-12/h3-7,9,23H,8,10H2,1-2H3,(H,19,21)(H,20,22). The minimum absolute atomic E-state index is 0.0242. The second-order valence-corrected chi connectivity index (χ2v) is 7.04. The normalized spacial score (nSPS) is 13.2. The molecule has 7 heteroatoms. The molecule has 2 amide bonds. The molecule has 0 aliphatic heterocycles. The molecule has 2 aromatic rings. The molecule has 0 spiro atoms. The molecule has 3 N–H and O–H groups in total. The van der Waals surface area contributed by atoms with E-state index in [4.69, 9.17) is 11.6 Å². The Balaban J connectivity index is 1.89. The van der Waals surface area contributed by atoms with Crippen molar-refractivity contribution >= 4 is 40.4 Å². The lowest BCUT2D eigenvalue weighted by Crippen LogP contribution is -2.45. The summed E-state index contributed by atoms with van der Waals surface area (Å²) in [5.74, 6) is -1.60. The van der Waals surface area contributed by atoms with Crippen LogP contribution in [-0.4, -0.2) is 29.1 Å². The van der Waals surface area contributed by atoms with Crippen LogP contribution in [0.3, 0.4) is 0 Å². The van der Waals surface area contributed by atoms with E-state index in [1.165, 1.54) is 11.3 Å². The maximum absolute atomic E-state index is 12.0. The van der Waals surface area contributed by atoms with Crippen molar-refractivity contribution < 1.29 is 14.7 Å². The zero-order valence-corrected chi connectivity index (χ0v) is 15.0. The molecule has 1 heterocycles. The Bertz CT molecular complexity index is 729. The van der Waals surface area contributed by atoms with Gasteiger partial charge in [-0.2, -0.15) is 11.3 Å². The van der Waals surface area contributed by atoms with Gasteiger partial charge < -0.3 is 15.7 Å². The van der Waals surface area contributed by atoms with Crippen molar-refractivity contribution in [2.24, 2.45) is 0 Å². The van der Waals surface area contributed by atoms with Crippen molar-refractivity contribution in [3.05, 3.63) is 51.2 Å². The Morgan fingerprint density at radius 3 is 2.71 bits per heavy atom. The van der Waals surface area contributed by atoms with Gasteiger partial charge in [0.05, 0.1) is 5.60 Å². The molecule has 0 saturated heterocycles. The van der Waals surface area contributed by atoms with Crippen molar-refractivity contribution in [3.8, 4) is 0 Å². The fraction of sp³-hybridized carbons (Fsp3) is 0.294. The van der Waals surface area contributed by atoms with Gasteiger partial charge >= 0.3 is 11.8 Å². The van der Waals surface area contributed by atoms with E-state index in [1.807, 2.05) is 16.8 Å². The van der Waals surface area contributed by atoms with Crippen LogP contribution in [0.5, 0.6) is 0 Å². The van der Waals surface area contributed by atoms with Gasteiger partial charge in [0, 0.05) is 23.7 Å². The van der Waals surface area contributed by atoms with E-state index >= 15 is 0 Å². The summed E-state index contributed by atoms with van der Waals surface area (Å²) >= 11 is 7.52. The number of hydrogen-bond donors (Lipinski definition) is 3. The van der Waals surface area contributed by atoms with Gasteiger partial charge in [-0.05, 0) is 53.9 Å². The molecule has 0 aliphatic rings. The molecule has 0 bridgehead atoms. The Hall–Kier alpha value is -1.89. The molecular weight excluding hydrogens is 348 g/mol. The van der Waals surface area contributed by atoms with E-state index in [9.17, 15) is 14.7 Å². The van der Waals surface area contributed by atoms with Crippen LogP contribution in [0.1, 0.15) is 18.1 Å². The van der Waals surface area contributed by atoms with Crippen LogP contribution in [0.4, 0.5) is 5.69 Å². The highest BCUT2D eigenvalue weighted by molar-refractivity contribution is 7.07. The second kappa shape index (κ2) is 7.79. The lowest BCUT2D eigenvalue weighted by Gasteiger charge is -2.23. The van der Waals surface area contributed by atoms with Crippen LogP contribution < -0.4 is 10.6 Å². The molecule has 1 aromatic carbocycles. The average Bonchev–Trinajstić information content (AvgIpc) is 3.01. The van der Waals surface area contributed by atoms with Crippen molar-refractivity contribution in [1.82, 2.24) is 5.32 Å². The third-order valence-electron chi connectivity index (χ3n) is 3.52. The van der Waals surface area contributed by atoms with Crippen molar-refractivity contribution in [1.29, 1.82) is 0 Å². The molecular formula is C17H19ClN2O3S. The Morgan fingerprint density at radius 2 is 2.04 bits per heavy atom. The van der Waals surface area contributed by atoms with E-state index in [0.29, 0.717) is 22.7 Å². The topological polar surface area (TPSA) is 78.4 Å². The summed E-state index contributed by atoms with van der Waals surface area (Å²) in [6.45, 7) is 3.34. The summed E-state index contributed by atoms with van der Waals surface area (Å²) in [4.78, 5) is 23.9. The summed E-state index contributed by atoms with van der Waals surface area (Å²) < 4.78 is 0. The summed E-state index contributed by atoms with van der Waals surface area (Å²) in [5, 5.41) is 19.7. The van der Waals surface area contributed by atoms with Gasteiger partial charge in [-0.1, -0.05) is 17.7 Å². The molecule has 128 valence electrons. The zero-order chi connectivity index (χ0) is 17.7. The van der Waals surface area contributed by atoms with Crippen LogP contribution in [0.25, 0.3) is 0 Å². The molecule has 1 atom stereocenters. The molecule has 2 rings (SSSR count). The molecule has 5 nitrogen and oxygen atoms in total. The monoisotopic (exact) mass is 366 g/mol. The summed E-state index contributed by atoms with van der Waals surface area (Å²) in [6, 6.07) is 6.97. The highest BCUT2D eigenvalue weighted by Crippen LogP contribution is 2.22. The van der Waals surface area contributed by atoms with Crippen LogP contribution in [0.15, 0.2) is 35.0 Å². The average molecular weight is 367 g/mol. The molecule has 0 radical (unpaired) electrons. The van der Waals surface area contributed by atoms with Gasteiger partial charge in [0.1, 0.15) is 0 Å². The largest absolute Gasteiger partial charge is 0.388 e. The smallest absolute Gasteiger partial charge is 0.313 e. The molecule has 0 fully saturated rings. The minimum atomic E-state index is -1.14. The van der Waals surface area contributed by atoms with E-state index in [2.05, 4.69) is 10.6 Å². The van der Waals surface area contributed by atoms with E-state index in [-0.39, 0.29) is 6.54 Å². The molecule has 0 aliphatic carbocycles. The lowest BCUT2D eigenvalue weighted by molar-refractivity contribution is -0.136. The van der Waals surface area contributed by atoms with E-state index in [0.717, 1.165) is 5.56 Å². The summed E-state index contributed by atoms with van der Waals surface area (Å²) in [7, 11) is 0. The summed E-state index contributed by atoms with van der Waals surface area (Å²) in [5.41, 5.74) is 1.01. The maximum Gasteiger partial charge on any atom is 0.313 e. The van der Waals surface area contributed by atoms with Gasteiger partial charge in [-0.3, -0.25) is 9.59 Å². The van der Waals surface area contributed by atoms with Gasteiger partial charge in [0.2, 0.25) is 0 Å². The lowest BCUT2D eigenvalue weighted by atomic mass is 9.98. The first-order valence-corrected chi connectivity index (χ1v) is 8.68. The maximum atomic E-state index is 12.0. The molecule has 1 aromatic heterocycles. The number of anilines is 1. The minimum Gasteiger partial charge on any atom is -0.388 e. The van der Waals surface area contributed by atoms with Crippen molar-refractivity contribution in [2.45, 2.75) is 25.9 Å². The van der Waals surface area contributed by atoms with Crippen LogP contribution in [0, 0.1) is 6.92 Å². The third-order valence-corrected chi connectivity index (χ3v) is 4.66. The number of rotatable bonds is 5. The molecule has 24 heavy (non-hydrogen) atoms.